The van der Waals surface area contributed by atoms with E-state index in [1.807, 2.05) is 0 Å². The molecular weight excluding hydrogens is 292 g/mol. The molecule has 0 aromatic heterocycles. The summed E-state index contributed by atoms with van der Waals surface area (Å²) in [4.78, 5) is 0. The van der Waals surface area contributed by atoms with Crippen LogP contribution in [0.1, 0.15) is 88.7 Å². The van der Waals surface area contributed by atoms with Crippen LogP contribution in [0.3, 0.4) is 0 Å². The van der Waals surface area contributed by atoms with Gasteiger partial charge < -0.3 is 4.74 Å². The topological polar surface area (TPSA) is 9.23 Å². The molecule has 1 unspecified atom stereocenters. The minimum Gasteiger partial charge on any atom is -0.498 e. The van der Waals surface area contributed by atoms with Gasteiger partial charge in [-0.2, -0.15) is 0 Å². The Morgan fingerprint density at radius 3 is 2.17 bits per heavy atom. The molecule has 1 saturated carbocycles. The molecule has 1 heteroatoms. The molecule has 0 amide bonds. The zero-order chi connectivity index (χ0) is 16.8. The van der Waals surface area contributed by atoms with Crippen molar-refractivity contribution in [1.29, 1.82) is 0 Å². The lowest BCUT2D eigenvalue weighted by molar-refractivity contribution is 0.0446. The maximum atomic E-state index is 6.10. The van der Waals surface area contributed by atoms with E-state index in [2.05, 4.69) is 44.4 Å². The van der Waals surface area contributed by atoms with Crippen LogP contribution in [0.25, 0.3) is 0 Å². The molecule has 0 saturated heterocycles. The van der Waals surface area contributed by atoms with E-state index in [1.165, 1.54) is 75.3 Å². The number of hydrogen-bond acceptors (Lipinski definition) is 1. The second-order valence-corrected chi connectivity index (χ2v) is 7.84. The fourth-order valence-electron chi connectivity index (χ4n) is 4.56. The highest BCUT2D eigenvalue weighted by Crippen LogP contribution is 2.40. The number of hydrogen-bond donors (Lipinski definition) is 0. The summed E-state index contributed by atoms with van der Waals surface area (Å²) in [5.74, 6) is 1.55. The van der Waals surface area contributed by atoms with Crippen LogP contribution in [0.4, 0.5) is 0 Å². The number of allylic oxidation sites excluding steroid dienone is 1. The van der Waals surface area contributed by atoms with Gasteiger partial charge in [0.1, 0.15) is 6.10 Å². The first kappa shape index (κ1) is 17.6. The fourth-order valence-corrected chi connectivity index (χ4v) is 4.56. The molecule has 132 valence electrons. The second kappa shape index (κ2) is 8.74. The summed E-state index contributed by atoms with van der Waals surface area (Å²) in [6.07, 6.45) is 15.3. The van der Waals surface area contributed by atoms with Crippen molar-refractivity contribution < 1.29 is 4.74 Å². The largest absolute Gasteiger partial charge is 0.498 e. The van der Waals surface area contributed by atoms with Crippen LogP contribution in [0.5, 0.6) is 0 Å². The maximum absolute atomic E-state index is 6.10. The molecule has 1 atom stereocenters. The molecule has 0 spiro atoms. The highest BCUT2D eigenvalue weighted by atomic mass is 16.5. The average molecular weight is 327 g/mol. The van der Waals surface area contributed by atoms with Gasteiger partial charge in [-0.3, -0.25) is 0 Å². The van der Waals surface area contributed by atoms with Gasteiger partial charge >= 0.3 is 0 Å². The van der Waals surface area contributed by atoms with Gasteiger partial charge in [-0.05, 0) is 79.9 Å². The SMILES string of the molecule is CCCC1=COC(C2CCC(c3ccc(CCC)cc3)CC2)CC1. The van der Waals surface area contributed by atoms with Crippen molar-refractivity contribution in [3.8, 4) is 0 Å². The Kier molecular flexibility index (Phi) is 6.40. The van der Waals surface area contributed by atoms with E-state index in [1.54, 1.807) is 5.56 Å². The van der Waals surface area contributed by atoms with E-state index in [-0.39, 0.29) is 0 Å². The van der Waals surface area contributed by atoms with E-state index < -0.39 is 0 Å². The van der Waals surface area contributed by atoms with Crippen LogP contribution >= 0.6 is 0 Å². The Morgan fingerprint density at radius 1 is 0.875 bits per heavy atom. The van der Waals surface area contributed by atoms with E-state index >= 15 is 0 Å². The minimum atomic E-state index is 0.485. The van der Waals surface area contributed by atoms with Gasteiger partial charge in [0.05, 0.1) is 6.26 Å². The van der Waals surface area contributed by atoms with Gasteiger partial charge in [0, 0.05) is 0 Å². The third-order valence-corrected chi connectivity index (χ3v) is 6.02. The Balaban J connectivity index is 1.49. The lowest BCUT2D eigenvalue weighted by Gasteiger charge is -2.35. The first-order chi connectivity index (χ1) is 11.8. The van der Waals surface area contributed by atoms with Crippen molar-refractivity contribution in [3.63, 3.8) is 0 Å². The van der Waals surface area contributed by atoms with Crippen LogP contribution in [0.2, 0.25) is 0 Å². The molecule has 1 fully saturated rings. The van der Waals surface area contributed by atoms with E-state index in [0.717, 1.165) is 11.8 Å². The van der Waals surface area contributed by atoms with Gasteiger partial charge in [0.2, 0.25) is 0 Å². The molecule has 0 N–H and O–H groups in total. The maximum Gasteiger partial charge on any atom is 0.101 e. The molecule has 1 nitrogen and oxygen atoms in total. The fraction of sp³-hybridized carbons (Fsp3) is 0.652. The Morgan fingerprint density at radius 2 is 1.58 bits per heavy atom. The van der Waals surface area contributed by atoms with Crippen LogP contribution in [0.15, 0.2) is 36.1 Å². The van der Waals surface area contributed by atoms with Crippen molar-refractivity contribution in [3.05, 3.63) is 47.2 Å². The molecule has 1 aromatic rings. The average Bonchev–Trinajstić information content (AvgIpc) is 2.64. The minimum absolute atomic E-state index is 0.485. The lowest BCUT2D eigenvalue weighted by atomic mass is 9.75. The monoisotopic (exact) mass is 326 g/mol. The van der Waals surface area contributed by atoms with Crippen LogP contribution in [-0.2, 0) is 11.2 Å². The number of ether oxygens (including phenoxy) is 1. The predicted octanol–water partition coefficient (Wildman–Crippen LogP) is 6.78. The first-order valence-electron chi connectivity index (χ1n) is 10.2. The van der Waals surface area contributed by atoms with Crippen molar-refractivity contribution in [2.24, 2.45) is 5.92 Å². The Hall–Kier alpha value is -1.24. The molecule has 2 aliphatic rings. The van der Waals surface area contributed by atoms with Gasteiger partial charge in [0.15, 0.2) is 0 Å². The van der Waals surface area contributed by atoms with Crippen molar-refractivity contribution >= 4 is 0 Å². The second-order valence-electron chi connectivity index (χ2n) is 7.84. The summed E-state index contributed by atoms with van der Waals surface area (Å²) >= 11 is 0. The Bertz CT molecular complexity index is 519. The zero-order valence-corrected chi connectivity index (χ0v) is 15.6. The standard InChI is InChI=1S/C23H34O/c1-3-5-18-7-10-20(11-8-18)21-12-14-22(15-13-21)23-16-9-19(6-4-2)17-24-23/h7-8,10-11,17,21-23H,3-6,9,12-16H2,1-2H3. The lowest BCUT2D eigenvalue weighted by Crippen LogP contribution is -2.28. The number of benzene rings is 1. The van der Waals surface area contributed by atoms with Gasteiger partial charge in [-0.25, -0.2) is 0 Å². The summed E-state index contributed by atoms with van der Waals surface area (Å²) in [5, 5.41) is 0. The molecule has 1 aromatic carbocycles. The number of rotatable bonds is 6. The van der Waals surface area contributed by atoms with Crippen LogP contribution in [0, 0.1) is 5.92 Å². The zero-order valence-electron chi connectivity index (χ0n) is 15.6. The first-order valence-corrected chi connectivity index (χ1v) is 10.2. The molecule has 24 heavy (non-hydrogen) atoms. The molecular formula is C23H34O. The normalized spacial score (nSPS) is 27.4. The van der Waals surface area contributed by atoms with E-state index in [4.69, 9.17) is 4.74 Å². The van der Waals surface area contributed by atoms with Crippen molar-refractivity contribution in [2.45, 2.75) is 90.1 Å². The van der Waals surface area contributed by atoms with Gasteiger partial charge in [0.25, 0.3) is 0 Å². The highest BCUT2D eigenvalue weighted by molar-refractivity contribution is 5.26. The molecule has 0 radical (unpaired) electrons. The Labute approximate surface area is 148 Å². The predicted molar refractivity (Wildman–Crippen MR) is 102 cm³/mol. The smallest absolute Gasteiger partial charge is 0.101 e. The van der Waals surface area contributed by atoms with Gasteiger partial charge in [-0.15, -0.1) is 0 Å². The molecule has 1 aliphatic carbocycles. The number of aryl methyl sites for hydroxylation is 1. The summed E-state index contributed by atoms with van der Waals surface area (Å²) < 4.78 is 6.10. The van der Waals surface area contributed by atoms with Crippen LogP contribution < -0.4 is 0 Å². The summed E-state index contributed by atoms with van der Waals surface area (Å²) in [7, 11) is 0. The summed E-state index contributed by atoms with van der Waals surface area (Å²) in [6.45, 7) is 4.51. The highest BCUT2D eigenvalue weighted by Gasteiger charge is 2.30. The molecule has 3 rings (SSSR count). The van der Waals surface area contributed by atoms with Crippen LogP contribution in [-0.4, -0.2) is 6.10 Å². The third kappa shape index (κ3) is 4.43. The quantitative estimate of drug-likeness (QED) is 0.560. The summed E-state index contributed by atoms with van der Waals surface area (Å²) in [6, 6.07) is 9.45. The van der Waals surface area contributed by atoms with E-state index in [0.29, 0.717) is 6.10 Å². The molecule has 0 bridgehead atoms. The van der Waals surface area contributed by atoms with Crippen molar-refractivity contribution in [1.82, 2.24) is 0 Å². The third-order valence-electron chi connectivity index (χ3n) is 6.02. The molecule has 1 aliphatic heterocycles. The molecule has 1 heterocycles. The van der Waals surface area contributed by atoms with Crippen molar-refractivity contribution in [2.75, 3.05) is 0 Å². The van der Waals surface area contributed by atoms with Gasteiger partial charge in [-0.1, -0.05) is 51.0 Å². The summed E-state index contributed by atoms with van der Waals surface area (Å²) in [5.41, 5.74) is 4.57. The van der Waals surface area contributed by atoms with E-state index in [9.17, 15) is 0 Å².